The number of carbonyl (C=O) groups excluding carboxylic acids is 1. The molecule has 0 fully saturated rings. The zero-order valence-corrected chi connectivity index (χ0v) is 16.3. The van der Waals surface area contributed by atoms with Crippen LogP contribution in [0.5, 0.6) is 0 Å². The predicted octanol–water partition coefficient (Wildman–Crippen LogP) is 3.73. The molecule has 0 aliphatic rings. The van der Waals surface area contributed by atoms with E-state index in [4.69, 9.17) is 0 Å². The highest BCUT2D eigenvalue weighted by atomic mass is 16.1. The minimum atomic E-state index is -0.104. The van der Waals surface area contributed by atoms with Gasteiger partial charge in [-0.15, -0.1) is 0 Å². The maximum absolute atomic E-state index is 12.9. The van der Waals surface area contributed by atoms with Gasteiger partial charge >= 0.3 is 0 Å². The van der Waals surface area contributed by atoms with Crippen LogP contribution in [0.1, 0.15) is 40.0 Å². The fourth-order valence-corrected chi connectivity index (χ4v) is 3.15. The van der Waals surface area contributed by atoms with Crippen molar-refractivity contribution in [2.24, 2.45) is 0 Å². The summed E-state index contributed by atoms with van der Waals surface area (Å²) in [5.41, 5.74) is 5.03. The van der Waals surface area contributed by atoms with Crippen LogP contribution in [0.15, 0.2) is 61.2 Å². The SMILES string of the molecule is Cc1ccc([C@H](C)NC(=O)c2ccccc2CN(C)C)cc1-n1ccnc1. The van der Waals surface area contributed by atoms with Gasteiger partial charge in [-0.1, -0.05) is 30.3 Å². The fourth-order valence-electron chi connectivity index (χ4n) is 3.15. The number of rotatable bonds is 6. The van der Waals surface area contributed by atoms with E-state index in [1.807, 2.05) is 56.0 Å². The summed E-state index contributed by atoms with van der Waals surface area (Å²) in [5, 5.41) is 3.14. The summed E-state index contributed by atoms with van der Waals surface area (Å²) in [6.07, 6.45) is 5.47. The number of aryl methyl sites for hydroxylation is 1. The molecule has 1 amide bonds. The van der Waals surface area contributed by atoms with Crippen LogP contribution in [-0.4, -0.2) is 34.5 Å². The Morgan fingerprint density at radius 3 is 2.70 bits per heavy atom. The molecule has 1 aromatic heterocycles. The van der Waals surface area contributed by atoms with E-state index in [9.17, 15) is 4.79 Å². The molecule has 5 nitrogen and oxygen atoms in total. The second kappa shape index (κ2) is 8.18. The summed E-state index contributed by atoms with van der Waals surface area (Å²) >= 11 is 0. The number of amides is 1. The molecular weight excluding hydrogens is 336 g/mol. The zero-order valence-electron chi connectivity index (χ0n) is 16.3. The molecule has 140 valence electrons. The Hall–Kier alpha value is -2.92. The lowest BCUT2D eigenvalue weighted by molar-refractivity contribution is 0.0938. The van der Waals surface area contributed by atoms with Gasteiger partial charge in [0.05, 0.1) is 12.4 Å². The monoisotopic (exact) mass is 362 g/mol. The Kier molecular flexibility index (Phi) is 5.72. The summed E-state index contributed by atoms with van der Waals surface area (Å²) < 4.78 is 1.99. The Morgan fingerprint density at radius 2 is 2.00 bits per heavy atom. The number of benzene rings is 2. The van der Waals surface area contributed by atoms with Crippen molar-refractivity contribution in [1.29, 1.82) is 0 Å². The van der Waals surface area contributed by atoms with Crippen LogP contribution in [0.25, 0.3) is 5.69 Å². The summed E-state index contributed by atoms with van der Waals surface area (Å²) in [4.78, 5) is 19.1. The van der Waals surface area contributed by atoms with Crippen molar-refractivity contribution in [1.82, 2.24) is 19.8 Å². The number of hydrogen-bond donors (Lipinski definition) is 1. The van der Waals surface area contributed by atoms with E-state index in [0.29, 0.717) is 0 Å². The molecule has 2 aromatic carbocycles. The minimum Gasteiger partial charge on any atom is -0.346 e. The van der Waals surface area contributed by atoms with Gasteiger partial charge in [-0.05, 0) is 56.8 Å². The molecule has 1 N–H and O–H groups in total. The molecule has 1 heterocycles. The highest BCUT2D eigenvalue weighted by molar-refractivity contribution is 5.95. The topological polar surface area (TPSA) is 50.2 Å². The van der Waals surface area contributed by atoms with Gasteiger partial charge in [-0.25, -0.2) is 4.98 Å². The minimum absolute atomic E-state index is 0.0512. The fraction of sp³-hybridized carbons (Fsp3) is 0.273. The highest BCUT2D eigenvalue weighted by Gasteiger charge is 2.16. The number of hydrogen-bond acceptors (Lipinski definition) is 3. The quantitative estimate of drug-likeness (QED) is 0.727. The normalized spacial score (nSPS) is 12.2. The van der Waals surface area contributed by atoms with E-state index in [2.05, 4.69) is 40.3 Å². The third kappa shape index (κ3) is 4.44. The van der Waals surface area contributed by atoms with Crippen LogP contribution >= 0.6 is 0 Å². The molecule has 0 unspecified atom stereocenters. The number of carbonyl (C=O) groups is 1. The Morgan fingerprint density at radius 1 is 1.22 bits per heavy atom. The van der Waals surface area contributed by atoms with Crippen LogP contribution in [0, 0.1) is 6.92 Å². The Labute approximate surface area is 160 Å². The first-order valence-electron chi connectivity index (χ1n) is 9.08. The molecule has 5 heteroatoms. The van der Waals surface area contributed by atoms with Crippen LogP contribution in [0.3, 0.4) is 0 Å². The van der Waals surface area contributed by atoms with Crippen molar-refractivity contribution in [3.63, 3.8) is 0 Å². The van der Waals surface area contributed by atoms with Gasteiger partial charge in [0, 0.05) is 30.2 Å². The lowest BCUT2D eigenvalue weighted by Gasteiger charge is -2.19. The van der Waals surface area contributed by atoms with E-state index < -0.39 is 0 Å². The van der Waals surface area contributed by atoms with E-state index in [0.717, 1.165) is 34.5 Å². The van der Waals surface area contributed by atoms with Crippen molar-refractivity contribution in [3.05, 3.63) is 83.4 Å². The van der Waals surface area contributed by atoms with Crippen molar-refractivity contribution < 1.29 is 4.79 Å². The lowest BCUT2D eigenvalue weighted by Crippen LogP contribution is -2.28. The molecule has 0 spiro atoms. The second-order valence-electron chi connectivity index (χ2n) is 7.11. The predicted molar refractivity (Wildman–Crippen MR) is 108 cm³/mol. The average Bonchev–Trinajstić information content (AvgIpc) is 3.16. The number of nitrogens with one attached hydrogen (secondary N) is 1. The van der Waals surface area contributed by atoms with Gasteiger partial charge in [0.15, 0.2) is 0 Å². The van der Waals surface area contributed by atoms with Crippen LogP contribution in [-0.2, 0) is 6.54 Å². The number of nitrogens with zero attached hydrogens (tertiary/aromatic N) is 3. The standard InChI is InChI=1S/C22H26N4O/c1-16-9-10-18(13-21(16)26-12-11-23-15-26)17(2)24-22(27)20-8-6-5-7-19(20)14-25(3)4/h5-13,15,17H,14H2,1-4H3,(H,24,27)/t17-/m0/s1. The molecule has 0 aliphatic heterocycles. The van der Waals surface area contributed by atoms with E-state index in [1.165, 1.54) is 0 Å². The van der Waals surface area contributed by atoms with E-state index in [1.54, 1.807) is 12.5 Å². The van der Waals surface area contributed by atoms with Gasteiger partial charge in [0.1, 0.15) is 0 Å². The smallest absolute Gasteiger partial charge is 0.252 e. The number of aromatic nitrogens is 2. The molecular formula is C22H26N4O. The molecule has 0 aliphatic carbocycles. The third-order valence-corrected chi connectivity index (χ3v) is 4.61. The molecule has 3 aromatic rings. The first kappa shape index (κ1) is 18.9. The first-order valence-corrected chi connectivity index (χ1v) is 9.08. The lowest BCUT2D eigenvalue weighted by atomic mass is 10.0. The highest BCUT2D eigenvalue weighted by Crippen LogP contribution is 2.21. The molecule has 0 saturated carbocycles. The molecule has 1 atom stereocenters. The average molecular weight is 362 g/mol. The molecule has 27 heavy (non-hydrogen) atoms. The molecule has 0 radical (unpaired) electrons. The Bertz CT molecular complexity index is 916. The van der Waals surface area contributed by atoms with Crippen LogP contribution in [0.4, 0.5) is 0 Å². The van der Waals surface area contributed by atoms with Crippen molar-refractivity contribution in [2.45, 2.75) is 26.4 Å². The number of imidazole rings is 1. The van der Waals surface area contributed by atoms with E-state index in [-0.39, 0.29) is 11.9 Å². The van der Waals surface area contributed by atoms with Gasteiger partial charge in [0.2, 0.25) is 0 Å². The van der Waals surface area contributed by atoms with Crippen LogP contribution < -0.4 is 5.32 Å². The summed E-state index contributed by atoms with van der Waals surface area (Å²) in [5.74, 6) is -0.0512. The second-order valence-corrected chi connectivity index (χ2v) is 7.11. The van der Waals surface area contributed by atoms with Crippen LogP contribution in [0.2, 0.25) is 0 Å². The maximum atomic E-state index is 12.9. The van der Waals surface area contributed by atoms with Gasteiger partial charge in [-0.3, -0.25) is 4.79 Å². The van der Waals surface area contributed by atoms with Crippen molar-refractivity contribution >= 4 is 5.91 Å². The van der Waals surface area contributed by atoms with Gasteiger partial charge in [0.25, 0.3) is 5.91 Å². The Balaban J connectivity index is 1.81. The zero-order chi connectivity index (χ0) is 19.4. The van der Waals surface area contributed by atoms with E-state index >= 15 is 0 Å². The van der Waals surface area contributed by atoms with Crippen molar-refractivity contribution in [3.8, 4) is 5.69 Å². The maximum Gasteiger partial charge on any atom is 0.252 e. The third-order valence-electron chi connectivity index (χ3n) is 4.61. The largest absolute Gasteiger partial charge is 0.346 e. The molecule has 3 rings (SSSR count). The summed E-state index contributed by atoms with van der Waals surface area (Å²) in [7, 11) is 4.00. The van der Waals surface area contributed by atoms with Gasteiger partial charge in [-0.2, -0.15) is 0 Å². The first-order chi connectivity index (χ1) is 13.0. The molecule has 0 saturated heterocycles. The molecule has 0 bridgehead atoms. The van der Waals surface area contributed by atoms with Crippen molar-refractivity contribution in [2.75, 3.05) is 14.1 Å². The summed E-state index contributed by atoms with van der Waals surface area (Å²) in [6.45, 7) is 4.81. The summed E-state index contributed by atoms with van der Waals surface area (Å²) in [6, 6.07) is 13.9. The van der Waals surface area contributed by atoms with Gasteiger partial charge < -0.3 is 14.8 Å².